The maximum Gasteiger partial charge on any atom is 0.281 e. The van der Waals surface area contributed by atoms with E-state index in [2.05, 4.69) is 10.1 Å². The van der Waals surface area contributed by atoms with Crippen LogP contribution in [0.2, 0.25) is 0 Å². The lowest BCUT2D eigenvalue weighted by atomic mass is 10.2. The number of hydrogen-bond donors (Lipinski definition) is 0. The van der Waals surface area contributed by atoms with Crippen molar-refractivity contribution in [3.05, 3.63) is 80.9 Å². The van der Waals surface area contributed by atoms with Gasteiger partial charge in [-0.25, -0.2) is 4.98 Å². The lowest BCUT2D eigenvalue weighted by Gasteiger charge is -2.00. The number of nitro benzene ring substituents is 1. The Morgan fingerprint density at radius 1 is 1.14 bits per heavy atom. The highest BCUT2D eigenvalue weighted by molar-refractivity contribution is 5.80. The summed E-state index contributed by atoms with van der Waals surface area (Å²) < 4.78 is 1.13. The predicted octanol–water partition coefficient (Wildman–Crippen LogP) is 2.19. The molecule has 0 N–H and O–H groups in total. The normalized spacial score (nSPS) is 11.1. The summed E-state index contributed by atoms with van der Waals surface area (Å²) in [6.07, 6.45) is 2.79. The van der Waals surface area contributed by atoms with Crippen molar-refractivity contribution >= 4 is 22.8 Å². The van der Waals surface area contributed by atoms with E-state index in [9.17, 15) is 14.9 Å². The number of aromatic nitrogens is 2. The van der Waals surface area contributed by atoms with Gasteiger partial charge in [-0.05, 0) is 29.8 Å². The van der Waals surface area contributed by atoms with Crippen molar-refractivity contribution in [2.24, 2.45) is 5.10 Å². The van der Waals surface area contributed by atoms with E-state index in [0.29, 0.717) is 16.5 Å². The summed E-state index contributed by atoms with van der Waals surface area (Å²) in [4.78, 5) is 26.5. The van der Waals surface area contributed by atoms with Gasteiger partial charge in [0.1, 0.15) is 6.33 Å². The number of rotatable bonds is 3. The van der Waals surface area contributed by atoms with Gasteiger partial charge in [-0.15, -0.1) is 0 Å². The maximum absolute atomic E-state index is 12.2. The molecule has 3 aromatic rings. The molecule has 1 aromatic heterocycles. The molecule has 0 saturated heterocycles. The van der Waals surface area contributed by atoms with Crippen LogP contribution in [-0.4, -0.2) is 20.8 Å². The first-order valence-corrected chi connectivity index (χ1v) is 6.40. The average molecular weight is 294 g/mol. The summed E-state index contributed by atoms with van der Waals surface area (Å²) >= 11 is 0. The third kappa shape index (κ3) is 2.59. The number of benzene rings is 2. The van der Waals surface area contributed by atoms with Crippen LogP contribution in [0.4, 0.5) is 5.69 Å². The van der Waals surface area contributed by atoms with E-state index in [4.69, 9.17) is 0 Å². The van der Waals surface area contributed by atoms with Crippen molar-refractivity contribution < 1.29 is 4.92 Å². The second kappa shape index (κ2) is 5.57. The molecule has 3 rings (SSSR count). The van der Waals surface area contributed by atoms with Crippen LogP contribution < -0.4 is 5.56 Å². The zero-order chi connectivity index (χ0) is 15.5. The van der Waals surface area contributed by atoms with Crippen molar-refractivity contribution in [3.8, 4) is 0 Å². The Labute approximate surface area is 124 Å². The summed E-state index contributed by atoms with van der Waals surface area (Å²) in [5.41, 5.74) is 0.977. The van der Waals surface area contributed by atoms with E-state index in [-0.39, 0.29) is 11.2 Å². The molecule has 7 nitrogen and oxygen atoms in total. The lowest BCUT2D eigenvalue weighted by Crippen LogP contribution is -2.16. The molecule has 7 heteroatoms. The van der Waals surface area contributed by atoms with E-state index < -0.39 is 4.92 Å². The second-order valence-electron chi connectivity index (χ2n) is 4.50. The van der Waals surface area contributed by atoms with Crippen LogP contribution in [0.15, 0.2) is 64.8 Å². The van der Waals surface area contributed by atoms with Crippen LogP contribution in [0.5, 0.6) is 0 Å². The van der Waals surface area contributed by atoms with Gasteiger partial charge in [0.15, 0.2) is 0 Å². The van der Waals surface area contributed by atoms with Crippen molar-refractivity contribution in [2.75, 3.05) is 0 Å². The molecule has 2 aromatic carbocycles. The van der Waals surface area contributed by atoms with Gasteiger partial charge in [-0.3, -0.25) is 14.9 Å². The highest BCUT2D eigenvalue weighted by Gasteiger charge is 2.03. The zero-order valence-corrected chi connectivity index (χ0v) is 11.3. The Balaban J connectivity index is 1.94. The summed E-state index contributed by atoms with van der Waals surface area (Å²) in [6.45, 7) is 0. The van der Waals surface area contributed by atoms with Crippen molar-refractivity contribution in [2.45, 2.75) is 0 Å². The number of nitrogens with zero attached hydrogens (tertiary/aromatic N) is 4. The number of hydrogen-bond acceptors (Lipinski definition) is 5. The second-order valence-corrected chi connectivity index (χ2v) is 4.50. The molecular formula is C15H10N4O3. The fraction of sp³-hybridized carbons (Fsp3) is 0. The third-order valence-electron chi connectivity index (χ3n) is 3.08. The SMILES string of the molecule is O=c1c2ccccc2ncn1N=Cc1ccc([N+](=O)[O-])cc1. The minimum atomic E-state index is -0.474. The monoisotopic (exact) mass is 294 g/mol. The van der Waals surface area contributed by atoms with Crippen molar-refractivity contribution in [1.82, 2.24) is 9.66 Å². The molecule has 0 unspecified atom stereocenters. The topological polar surface area (TPSA) is 90.4 Å². The first-order chi connectivity index (χ1) is 10.6. The Bertz CT molecular complexity index is 929. The molecule has 1 heterocycles. The van der Waals surface area contributed by atoms with Crippen LogP contribution in [0.3, 0.4) is 0 Å². The van der Waals surface area contributed by atoms with Gasteiger partial charge in [0.2, 0.25) is 0 Å². The van der Waals surface area contributed by atoms with Crippen LogP contribution >= 0.6 is 0 Å². The van der Waals surface area contributed by atoms with Crippen LogP contribution in [0.25, 0.3) is 10.9 Å². The van der Waals surface area contributed by atoms with Gasteiger partial charge in [-0.1, -0.05) is 12.1 Å². The van der Waals surface area contributed by atoms with Gasteiger partial charge in [0.05, 0.1) is 22.0 Å². The summed E-state index contributed by atoms with van der Waals surface area (Å²) in [7, 11) is 0. The molecule has 0 aliphatic rings. The average Bonchev–Trinajstić information content (AvgIpc) is 2.55. The quantitative estimate of drug-likeness (QED) is 0.420. The largest absolute Gasteiger partial charge is 0.281 e. The number of para-hydroxylation sites is 1. The summed E-state index contributed by atoms with van der Waals surface area (Å²) in [6, 6.07) is 12.9. The third-order valence-corrected chi connectivity index (χ3v) is 3.08. The van der Waals surface area contributed by atoms with Crippen LogP contribution in [0, 0.1) is 10.1 Å². The molecule has 22 heavy (non-hydrogen) atoms. The number of nitro groups is 1. The number of non-ortho nitro benzene ring substituents is 1. The minimum absolute atomic E-state index is 0.00156. The lowest BCUT2D eigenvalue weighted by molar-refractivity contribution is -0.384. The van der Waals surface area contributed by atoms with E-state index in [1.54, 1.807) is 36.4 Å². The Hall–Kier alpha value is -3.35. The fourth-order valence-corrected chi connectivity index (χ4v) is 1.95. The molecule has 0 amide bonds. The molecule has 108 valence electrons. The molecule has 0 radical (unpaired) electrons. The van der Waals surface area contributed by atoms with Crippen molar-refractivity contribution in [1.29, 1.82) is 0 Å². The summed E-state index contributed by atoms with van der Waals surface area (Å²) in [5.74, 6) is 0. The molecule has 0 bridgehead atoms. The number of fused-ring (bicyclic) bond motifs is 1. The van der Waals surface area contributed by atoms with E-state index in [1.807, 2.05) is 0 Å². The van der Waals surface area contributed by atoms with Crippen LogP contribution in [-0.2, 0) is 0 Å². The Morgan fingerprint density at radius 3 is 2.59 bits per heavy atom. The highest BCUT2D eigenvalue weighted by atomic mass is 16.6. The fourth-order valence-electron chi connectivity index (χ4n) is 1.95. The first-order valence-electron chi connectivity index (χ1n) is 6.40. The van der Waals surface area contributed by atoms with E-state index in [0.717, 1.165) is 4.68 Å². The molecule has 0 aliphatic carbocycles. The molecule has 0 atom stereocenters. The molecule has 0 spiro atoms. The standard InChI is InChI=1S/C15H10N4O3/c20-15-13-3-1-2-4-14(13)16-10-18(15)17-9-11-5-7-12(8-6-11)19(21)22/h1-10H. The highest BCUT2D eigenvalue weighted by Crippen LogP contribution is 2.10. The van der Waals surface area contributed by atoms with Gasteiger partial charge in [0.25, 0.3) is 11.2 Å². The molecule has 0 aliphatic heterocycles. The van der Waals surface area contributed by atoms with Gasteiger partial charge in [-0.2, -0.15) is 9.78 Å². The molecular weight excluding hydrogens is 284 g/mol. The van der Waals surface area contributed by atoms with E-state index >= 15 is 0 Å². The summed E-state index contributed by atoms with van der Waals surface area (Å²) in [5, 5.41) is 15.1. The molecule has 0 saturated carbocycles. The zero-order valence-electron chi connectivity index (χ0n) is 11.3. The van der Waals surface area contributed by atoms with Crippen LogP contribution in [0.1, 0.15) is 5.56 Å². The molecule has 0 fully saturated rings. The van der Waals surface area contributed by atoms with Gasteiger partial charge >= 0.3 is 0 Å². The minimum Gasteiger partial charge on any atom is -0.267 e. The smallest absolute Gasteiger partial charge is 0.267 e. The van der Waals surface area contributed by atoms with Gasteiger partial charge < -0.3 is 0 Å². The van der Waals surface area contributed by atoms with Crippen molar-refractivity contribution in [3.63, 3.8) is 0 Å². The predicted molar refractivity (Wildman–Crippen MR) is 82.1 cm³/mol. The Kier molecular flexibility index (Phi) is 3.45. The Morgan fingerprint density at radius 2 is 1.86 bits per heavy atom. The van der Waals surface area contributed by atoms with E-state index in [1.165, 1.54) is 24.7 Å². The maximum atomic E-state index is 12.2. The van der Waals surface area contributed by atoms with Gasteiger partial charge in [0, 0.05) is 12.1 Å². The first kappa shape index (κ1) is 13.6.